The van der Waals surface area contributed by atoms with Gasteiger partial charge in [-0.15, -0.1) is 0 Å². The smallest absolute Gasteiger partial charge is 0.274 e. The Hall–Kier alpha value is -2.64. The zero-order valence-electron chi connectivity index (χ0n) is 12.1. The highest BCUT2D eigenvalue weighted by Crippen LogP contribution is 2.16. The largest absolute Gasteiger partial charge is 0.321 e. The Morgan fingerprint density at radius 1 is 1.29 bits per heavy atom. The van der Waals surface area contributed by atoms with Crippen LogP contribution in [0.3, 0.4) is 0 Å². The minimum absolute atomic E-state index is 0.227. The molecule has 1 aromatic heterocycles. The van der Waals surface area contributed by atoms with E-state index in [9.17, 15) is 4.79 Å². The molecule has 4 nitrogen and oxygen atoms in total. The molecule has 0 saturated carbocycles. The number of hydrogen-bond donors (Lipinski definition) is 2. The molecule has 0 unspecified atom stereocenters. The van der Waals surface area contributed by atoms with Crippen LogP contribution in [-0.2, 0) is 0 Å². The molecule has 2 rings (SSSR count). The van der Waals surface area contributed by atoms with Gasteiger partial charge in [0.15, 0.2) is 0 Å². The zero-order valence-corrected chi connectivity index (χ0v) is 12.1. The normalized spacial score (nSPS) is 9.67. The highest BCUT2D eigenvalue weighted by molar-refractivity contribution is 6.03. The Bertz CT molecular complexity index is 726. The van der Waals surface area contributed by atoms with Crippen molar-refractivity contribution in [1.82, 2.24) is 4.98 Å². The third kappa shape index (κ3) is 3.68. The maximum Gasteiger partial charge on any atom is 0.274 e. The Labute approximate surface area is 124 Å². The van der Waals surface area contributed by atoms with E-state index in [1.165, 1.54) is 0 Å². The lowest BCUT2D eigenvalue weighted by molar-refractivity contribution is 0.102. The molecule has 0 bridgehead atoms. The van der Waals surface area contributed by atoms with Crippen LogP contribution in [0.15, 0.2) is 36.5 Å². The van der Waals surface area contributed by atoms with Gasteiger partial charge in [-0.2, -0.15) is 0 Å². The maximum atomic E-state index is 12.2. The van der Waals surface area contributed by atoms with Crippen LogP contribution in [0.1, 0.15) is 27.2 Å². The van der Waals surface area contributed by atoms with Crippen molar-refractivity contribution in [2.45, 2.75) is 13.8 Å². The number of nitrogens with two attached hydrogens (primary N) is 1. The molecule has 1 heterocycles. The second-order valence-corrected chi connectivity index (χ2v) is 4.66. The van der Waals surface area contributed by atoms with Crippen molar-refractivity contribution < 1.29 is 4.79 Å². The molecule has 1 amide bonds. The van der Waals surface area contributed by atoms with Crippen molar-refractivity contribution in [3.05, 3.63) is 58.9 Å². The summed E-state index contributed by atoms with van der Waals surface area (Å²) in [4.78, 5) is 16.3. The van der Waals surface area contributed by atoms with E-state index in [0.29, 0.717) is 17.9 Å². The van der Waals surface area contributed by atoms with E-state index < -0.39 is 0 Å². The van der Waals surface area contributed by atoms with Crippen LogP contribution in [0.4, 0.5) is 5.69 Å². The topological polar surface area (TPSA) is 68.0 Å². The maximum absolute atomic E-state index is 12.2. The third-order valence-corrected chi connectivity index (χ3v) is 3.05. The predicted molar refractivity (Wildman–Crippen MR) is 84.0 cm³/mol. The summed E-state index contributed by atoms with van der Waals surface area (Å²) in [5, 5.41) is 2.84. The summed E-state index contributed by atoms with van der Waals surface area (Å²) in [6, 6.07) is 9.27. The molecule has 3 N–H and O–H groups in total. The average molecular weight is 279 g/mol. The third-order valence-electron chi connectivity index (χ3n) is 3.05. The number of anilines is 1. The number of aryl methyl sites for hydroxylation is 2. The van der Waals surface area contributed by atoms with Gasteiger partial charge in [0, 0.05) is 17.4 Å². The zero-order chi connectivity index (χ0) is 15.2. The molecule has 106 valence electrons. The van der Waals surface area contributed by atoms with Crippen LogP contribution in [0.2, 0.25) is 0 Å². The molecule has 0 aliphatic rings. The summed E-state index contributed by atoms with van der Waals surface area (Å²) in [5.74, 6) is 5.59. The van der Waals surface area contributed by atoms with Crippen LogP contribution in [0.25, 0.3) is 0 Å². The Balaban J connectivity index is 2.24. The van der Waals surface area contributed by atoms with E-state index in [1.54, 1.807) is 12.3 Å². The summed E-state index contributed by atoms with van der Waals surface area (Å²) >= 11 is 0. The Kier molecular flexibility index (Phi) is 4.70. The van der Waals surface area contributed by atoms with E-state index >= 15 is 0 Å². The van der Waals surface area contributed by atoms with Crippen LogP contribution < -0.4 is 11.1 Å². The SMILES string of the molecule is Cc1ccc(NC(=O)c2ncccc2C)cc1C#CCN. The summed E-state index contributed by atoms with van der Waals surface area (Å²) in [6.45, 7) is 4.13. The lowest BCUT2D eigenvalue weighted by Gasteiger charge is -2.08. The van der Waals surface area contributed by atoms with Crippen molar-refractivity contribution in [2.75, 3.05) is 11.9 Å². The molecular formula is C17H17N3O. The minimum Gasteiger partial charge on any atom is -0.321 e. The van der Waals surface area contributed by atoms with Crippen LogP contribution in [-0.4, -0.2) is 17.4 Å². The van der Waals surface area contributed by atoms with Crippen LogP contribution >= 0.6 is 0 Å². The van der Waals surface area contributed by atoms with Gasteiger partial charge in [-0.3, -0.25) is 9.78 Å². The average Bonchev–Trinajstić information content (AvgIpc) is 2.48. The van der Waals surface area contributed by atoms with Gasteiger partial charge in [-0.25, -0.2) is 0 Å². The van der Waals surface area contributed by atoms with E-state index in [1.807, 2.05) is 38.1 Å². The molecule has 4 heteroatoms. The number of benzene rings is 1. The number of pyridine rings is 1. The van der Waals surface area contributed by atoms with Crippen LogP contribution in [0, 0.1) is 25.7 Å². The fraction of sp³-hybridized carbons (Fsp3) is 0.176. The molecule has 0 radical (unpaired) electrons. The van der Waals surface area contributed by atoms with Gasteiger partial charge >= 0.3 is 0 Å². The van der Waals surface area contributed by atoms with Gasteiger partial charge < -0.3 is 11.1 Å². The van der Waals surface area contributed by atoms with Gasteiger partial charge in [0.05, 0.1) is 6.54 Å². The molecule has 0 aliphatic heterocycles. The monoisotopic (exact) mass is 279 g/mol. The summed E-state index contributed by atoms with van der Waals surface area (Å²) in [5.41, 5.74) is 9.24. The fourth-order valence-corrected chi connectivity index (χ4v) is 1.89. The van der Waals surface area contributed by atoms with Gasteiger partial charge in [0.1, 0.15) is 5.69 Å². The quantitative estimate of drug-likeness (QED) is 0.829. The molecule has 0 fully saturated rings. The van der Waals surface area contributed by atoms with Gasteiger partial charge in [-0.05, 0) is 43.2 Å². The first-order valence-corrected chi connectivity index (χ1v) is 6.64. The number of amides is 1. The minimum atomic E-state index is -0.227. The number of nitrogens with one attached hydrogen (secondary N) is 1. The van der Waals surface area contributed by atoms with E-state index in [2.05, 4.69) is 22.1 Å². The second kappa shape index (κ2) is 6.69. The summed E-state index contributed by atoms with van der Waals surface area (Å²) < 4.78 is 0. The number of carbonyl (C=O) groups is 1. The Morgan fingerprint density at radius 2 is 2.10 bits per heavy atom. The lowest BCUT2D eigenvalue weighted by atomic mass is 10.1. The standard InChI is InChI=1S/C17H17N3O/c1-12-7-8-15(11-14(12)6-3-9-18)20-17(21)16-13(2)5-4-10-19-16/h4-5,7-8,10-11H,9,18H2,1-2H3,(H,20,21). The molecule has 2 aromatic rings. The van der Waals surface area contributed by atoms with E-state index in [4.69, 9.17) is 5.73 Å². The predicted octanol–water partition coefficient (Wildman–Crippen LogP) is 2.26. The Morgan fingerprint density at radius 3 is 2.81 bits per heavy atom. The molecule has 0 atom stereocenters. The summed E-state index contributed by atoms with van der Waals surface area (Å²) in [6.07, 6.45) is 1.61. The fourth-order valence-electron chi connectivity index (χ4n) is 1.89. The van der Waals surface area contributed by atoms with Gasteiger partial charge in [0.25, 0.3) is 5.91 Å². The second-order valence-electron chi connectivity index (χ2n) is 4.66. The first-order valence-electron chi connectivity index (χ1n) is 6.64. The van der Waals surface area contributed by atoms with Crippen molar-refractivity contribution in [3.8, 4) is 11.8 Å². The van der Waals surface area contributed by atoms with E-state index in [0.717, 1.165) is 16.7 Å². The van der Waals surface area contributed by atoms with Crippen molar-refractivity contribution in [2.24, 2.45) is 5.73 Å². The molecule has 21 heavy (non-hydrogen) atoms. The molecular weight excluding hydrogens is 262 g/mol. The number of hydrogen-bond acceptors (Lipinski definition) is 3. The number of aromatic nitrogens is 1. The van der Waals surface area contributed by atoms with Crippen molar-refractivity contribution >= 4 is 11.6 Å². The first kappa shape index (κ1) is 14.8. The van der Waals surface area contributed by atoms with Crippen molar-refractivity contribution in [3.63, 3.8) is 0 Å². The number of nitrogens with zero attached hydrogens (tertiary/aromatic N) is 1. The first-order chi connectivity index (χ1) is 10.1. The van der Waals surface area contributed by atoms with Gasteiger partial charge in [0.2, 0.25) is 0 Å². The number of carbonyl (C=O) groups excluding carboxylic acids is 1. The van der Waals surface area contributed by atoms with Crippen LogP contribution in [0.5, 0.6) is 0 Å². The lowest BCUT2D eigenvalue weighted by Crippen LogP contribution is -2.15. The molecule has 0 aliphatic carbocycles. The highest BCUT2D eigenvalue weighted by Gasteiger charge is 2.10. The van der Waals surface area contributed by atoms with E-state index in [-0.39, 0.29) is 5.91 Å². The van der Waals surface area contributed by atoms with Crippen molar-refractivity contribution in [1.29, 1.82) is 0 Å². The molecule has 0 spiro atoms. The molecule has 1 aromatic carbocycles. The summed E-state index contributed by atoms with van der Waals surface area (Å²) in [7, 11) is 0. The van der Waals surface area contributed by atoms with Gasteiger partial charge in [-0.1, -0.05) is 24.0 Å². The molecule has 0 saturated heterocycles. The highest BCUT2D eigenvalue weighted by atomic mass is 16.1. The number of rotatable bonds is 2.